The van der Waals surface area contributed by atoms with Gasteiger partial charge in [-0.2, -0.15) is 0 Å². The third kappa shape index (κ3) is 3.90. The lowest BCUT2D eigenvalue weighted by Gasteiger charge is -2.44. The zero-order chi connectivity index (χ0) is 21.7. The van der Waals surface area contributed by atoms with Crippen molar-refractivity contribution in [1.82, 2.24) is 4.90 Å². The van der Waals surface area contributed by atoms with E-state index in [1.165, 1.54) is 10.5 Å². The number of nitrogens with two attached hydrogens (primary N) is 1. The molecule has 3 saturated heterocycles. The molecule has 4 aliphatic rings. The van der Waals surface area contributed by atoms with Crippen LogP contribution < -0.4 is 5.73 Å². The van der Waals surface area contributed by atoms with Gasteiger partial charge >= 0.3 is 12.2 Å². The molecule has 0 unspecified atom stereocenters. The van der Waals surface area contributed by atoms with Gasteiger partial charge in [0.25, 0.3) is 0 Å². The molecule has 1 spiro atoms. The van der Waals surface area contributed by atoms with Gasteiger partial charge in [0.1, 0.15) is 29.5 Å². The first-order valence-electron chi connectivity index (χ1n) is 10.6. The molecule has 9 nitrogen and oxygen atoms in total. The predicted octanol–water partition coefficient (Wildman–Crippen LogP) is 1.98. The summed E-state index contributed by atoms with van der Waals surface area (Å²) in [4.78, 5) is 24.9. The second-order valence-electron chi connectivity index (χ2n) is 9.26. The van der Waals surface area contributed by atoms with E-state index in [2.05, 4.69) is 26.8 Å². The van der Waals surface area contributed by atoms with E-state index >= 15 is 0 Å². The van der Waals surface area contributed by atoms with Crippen molar-refractivity contribution in [1.29, 1.82) is 0 Å². The molecule has 1 aliphatic carbocycles. The topological polar surface area (TPSA) is 116 Å². The van der Waals surface area contributed by atoms with Gasteiger partial charge < -0.3 is 34.3 Å². The van der Waals surface area contributed by atoms with Crippen molar-refractivity contribution >= 4 is 12.2 Å². The number of ether oxygens (including phenoxy) is 5. The first kappa shape index (κ1) is 21.4. The average Bonchev–Trinajstić information content (AvgIpc) is 3.55. The van der Waals surface area contributed by atoms with Gasteiger partial charge in [-0.1, -0.05) is 11.6 Å². The van der Waals surface area contributed by atoms with Gasteiger partial charge in [-0.3, -0.25) is 0 Å². The summed E-state index contributed by atoms with van der Waals surface area (Å²) in [6.07, 6.45) is 2.28. The molecule has 9 heteroatoms. The normalized spacial score (nSPS) is 39.8. The third-order valence-electron chi connectivity index (χ3n) is 6.88. The molecule has 0 aromatic carbocycles. The maximum Gasteiger partial charge on any atom is 0.410 e. The van der Waals surface area contributed by atoms with E-state index in [4.69, 9.17) is 29.4 Å². The van der Waals surface area contributed by atoms with Crippen LogP contribution >= 0.6 is 0 Å². The molecule has 3 aliphatic heterocycles. The molecule has 0 aromatic rings. The first-order valence-corrected chi connectivity index (χ1v) is 10.6. The van der Waals surface area contributed by atoms with E-state index in [1.807, 2.05) is 0 Å². The first-order chi connectivity index (χ1) is 14.2. The summed E-state index contributed by atoms with van der Waals surface area (Å²) >= 11 is 0. The Labute approximate surface area is 176 Å². The van der Waals surface area contributed by atoms with Crippen LogP contribution in [0, 0.1) is 5.92 Å². The Balaban J connectivity index is 1.40. The molecule has 4 rings (SSSR count). The molecule has 1 saturated carbocycles. The van der Waals surface area contributed by atoms with Crippen LogP contribution in [0.1, 0.15) is 40.0 Å². The molecule has 0 radical (unpaired) electrons. The lowest BCUT2D eigenvalue weighted by Crippen LogP contribution is -2.59. The molecular weight excluding hydrogens is 392 g/mol. The summed E-state index contributed by atoms with van der Waals surface area (Å²) in [6, 6.07) is 0. The van der Waals surface area contributed by atoms with Crippen LogP contribution in [0.3, 0.4) is 0 Å². The van der Waals surface area contributed by atoms with Crippen LogP contribution in [0.15, 0.2) is 11.6 Å². The van der Waals surface area contributed by atoms with Gasteiger partial charge in [0.05, 0.1) is 31.7 Å². The highest BCUT2D eigenvalue weighted by molar-refractivity contribution is 5.70. The summed E-state index contributed by atoms with van der Waals surface area (Å²) in [5, 5.41) is 0. The van der Waals surface area contributed by atoms with Crippen LogP contribution in [0.2, 0.25) is 0 Å². The predicted molar refractivity (Wildman–Crippen MR) is 106 cm³/mol. The van der Waals surface area contributed by atoms with Crippen LogP contribution in [0.5, 0.6) is 0 Å². The SMILES string of the molecule is CO[C@@H]1[C@H](OC(=O)N2CC(OC(N)=O)C2)CC[C@]2(CO2)[C@H]1[C@@]1(C)O[C@@H]1CC=C(C)C. The minimum Gasteiger partial charge on any atom is -0.443 e. The maximum absolute atomic E-state index is 12.6. The van der Waals surface area contributed by atoms with Crippen LogP contribution in [-0.4, -0.2) is 79.5 Å². The molecule has 168 valence electrons. The van der Waals surface area contributed by atoms with Crippen molar-refractivity contribution in [2.45, 2.75) is 75.7 Å². The Kier molecular flexibility index (Phi) is 5.48. The number of hydrogen-bond acceptors (Lipinski definition) is 7. The fourth-order valence-electron chi connectivity index (χ4n) is 5.10. The van der Waals surface area contributed by atoms with Crippen molar-refractivity contribution in [3.8, 4) is 0 Å². The molecule has 2 amide bonds. The minimum atomic E-state index is -0.835. The number of likely N-dealkylation sites (tertiary alicyclic amines) is 1. The van der Waals surface area contributed by atoms with E-state index < -0.39 is 12.2 Å². The number of methoxy groups -OCH3 is 1. The second-order valence-corrected chi connectivity index (χ2v) is 9.26. The highest BCUT2D eigenvalue weighted by atomic mass is 16.6. The number of nitrogens with zero attached hydrogens (tertiary/aromatic N) is 1. The van der Waals surface area contributed by atoms with Crippen molar-refractivity contribution < 1.29 is 33.3 Å². The Morgan fingerprint density at radius 3 is 2.53 bits per heavy atom. The van der Waals surface area contributed by atoms with Crippen molar-refractivity contribution in [3.63, 3.8) is 0 Å². The Morgan fingerprint density at radius 1 is 1.27 bits per heavy atom. The highest BCUT2D eigenvalue weighted by Crippen LogP contribution is 2.59. The van der Waals surface area contributed by atoms with Gasteiger partial charge in [-0.15, -0.1) is 0 Å². The summed E-state index contributed by atoms with van der Waals surface area (Å²) in [5.74, 6) is -0.0144. The molecule has 2 N–H and O–H groups in total. The molecule has 30 heavy (non-hydrogen) atoms. The van der Waals surface area contributed by atoms with Crippen LogP contribution in [0.4, 0.5) is 9.59 Å². The van der Waals surface area contributed by atoms with Crippen molar-refractivity contribution in [3.05, 3.63) is 11.6 Å². The number of epoxide rings is 2. The number of amides is 2. The van der Waals surface area contributed by atoms with Crippen LogP contribution in [-0.2, 0) is 23.7 Å². The quantitative estimate of drug-likeness (QED) is 0.512. The zero-order valence-corrected chi connectivity index (χ0v) is 18.1. The molecule has 0 bridgehead atoms. The van der Waals surface area contributed by atoms with Gasteiger partial charge in [-0.05, 0) is 40.0 Å². The third-order valence-corrected chi connectivity index (χ3v) is 6.88. The fourth-order valence-corrected chi connectivity index (χ4v) is 5.10. The Hall–Kier alpha value is -1.84. The van der Waals surface area contributed by atoms with E-state index in [-0.39, 0.29) is 54.6 Å². The molecule has 4 fully saturated rings. The summed E-state index contributed by atoms with van der Waals surface area (Å²) in [6.45, 7) is 7.53. The zero-order valence-electron chi connectivity index (χ0n) is 18.1. The van der Waals surface area contributed by atoms with E-state index in [9.17, 15) is 9.59 Å². The number of hydrogen-bond donors (Lipinski definition) is 1. The van der Waals surface area contributed by atoms with Crippen molar-refractivity contribution in [2.24, 2.45) is 11.7 Å². The van der Waals surface area contributed by atoms with Crippen LogP contribution in [0.25, 0.3) is 0 Å². The molecule has 6 atom stereocenters. The largest absolute Gasteiger partial charge is 0.443 e. The molecule has 3 heterocycles. The lowest BCUT2D eigenvalue weighted by atomic mass is 9.68. The number of primary amides is 1. The molecular formula is C21H32N2O7. The van der Waals surface area contributed by atoms with Crippen molar-refractivity contribution in [2.75, 3.05) is 26.8 Å². The summed E-state index contributed by atoms with van der Waals surface area (Å²) in [7, 11) is 1.65. The van der Waals surface area contributed by atoms with E-state index in [1.54, 1.807) is 7.11 Å². The monoisotopic (exact) mass is 424 g/mol. The van der Waals surface area contributed by atoms with Gasteiger partial charge in [0.2, 0.25) is 0 Å². The summed E-state index contributed by atoms with van der Waals surface area (Å²) in [5.41, 5.74) is 5.65. The molecule has 0 aromatic heterocycles. The summed E-state index contributed by atoms with van der Waals surface area (Å²) < 4.78 is 28.7. The Bertz CT molecular complexity index is 727. The fraction of sp³-hybridized carbons (Fsp3) is 0.810. The number of allylic oxidation sites excluding steroid dienone is 1. The standard InChI is InChI=1S/C21H32N2O7/c1-12(2)5-6-15-20(3,30-15)17-16(26-4)14(7-8-21(17)11-27-21)29-19(25)23-9-13(10-23)28-18(22)24/h5,13-17H,6-11H2,1-4H3,(H2,22,24)/t14-,15-,16-,17-,20+,21+/m1/s1. The smallest absolute Gasteiger partial charge is 0.410 e. The van der Waals surface area contributed by atoms with Gasteiger partial charge in [0.15, 0.2) is 0 Å². The lowest BCUT2D eigenvalue weighted by molar-refractivity contribution is -0.126. The van der Waals surface area contributed by atoms with Gasteiger partial charge in [-0.25, -0.2) is 9.59 Å². The number of rotatable bonds is 6. The number of carbonyl (C=O) groups excluding carboxylic acids is 2. The number of carbonyl (C=O) groups is 2. The second kappa shape index (κ2) is 7.69. The maximum atomic E-state index is 12.6. The van der Waals surface area contributed by atoms with Gasteiger partial charge in [0, 0.05) is 7.11 Å². The average molecular weight is 424 g/mol. The Morgan fingerprint density at radius 2 is 1.97 bits per heavy atom. The minimum absolute atomic E-state index is 0.0144. The highest BCUT2D eigenvalue weighted by Gasteiger charge is 2.72. The van der Waals surface area contributed by atoms with E-state index in [0.717, 1.165) is 12.8 Å². The van der Waals surface area contributed by atoms with E-state index in [0.29, 0.717) is 13.0 Å².